The summed E-state index contributed by atoms with van der Waals surface area (Å²) in [4.78, 5) is 22.5. The molecule has 0 unspecified atom stereocenters. The Kier molecular flexibility index (Phi) is 7.39. The standard InChI is InChI=1S/C18H17IN2O5/c1-12(18(23)24)26-14-8-6-13(7-9-14)10-20-21-17(22)11-25-16-5-3-2-4-15(16)19/h2-10,12H,11H2,1H3,(H,21,22)(H,23,24)/b20-10+/t12-/m0/s1. The number of carbonyl (C=O) groups is 2. The monoisotopic (exact) mass is 468 g/mol. The van der Waals surface area contributed by atoms with Crippen LogP contribution in [0.2, 0.25) is 0 Å². The van der Waals surface area contributed by atoms with E-state index in [1.165, 1.54) is 13.1 Å². The number of aliphatic carboxylic acids is 1. The number of benzene rings is 2. The van der Waals surface area contributed by atoms with Crippen LogP contribution in [0, 0.1) is 3.57 Å². The van der Waals surface area contributed by atoms with Gasteiger partial charge < -0.3 is 14.6 Å². The number of halogens is 1. The van der Waals surface area contributed by atoms with Crippen molar-refractivity contribution in [3.05, 3.63) is 57.7 Å². The van der Waals surface area contributed by atoms with Crippen molar-refractivity contribution in [3.63, 3.8) is 0 Å². The maximum atomic E-state index is 11.7. The lowest BCUT2D eigenvalue weighted by molar-refractivity contribution is -0.144. The molecule has 2 aromatic carbocycles. The molecular formula is C18H17IN2O5. The number of hydrogen-bond acceptors (Lipinski definition) is 5. The van der Waals surface area contributed by atoms with Gasteiger partial charge in [-0.1, -0.05) is 12.1 Å². The molecule has 7 nitrogen and oxygen atoms in total. The van der Waals surface area contributed by atoms with Gasteiger partial charge in [-0.25, -0.2) is 10.2 Å². The molecule has 1 amide bonds. The molecule has 0 saturated carbocycles. The minimum Gasteiger partial charge on any atom is -0.483 e. The van der Waals surface area contributed by atoms with Gasteiger partial charge in [-0.05, 0) is 71.5 Å². The molecule has 0 fully saturated rings. The van der Waals surface area contributed by atoms with Crippen LogP contribution < -0.4 is 14.9 Å². The third-order valence-corrected chi connectivity index (χ3v) is 4.03. The molecule has 1 atom stereocenters. The summed E-state index contributed by atoms with van der Waals surface area (Å²) in [6, 6.07) is 14.0. The van der Waals surface area contributed by atoms with Crippen molar-refractivity contribution in [2.75, 3.05) is 6.61 Å². The normalized spacial score (nSPS) is 11.8. The molecule has 136 valence electrons. The topological polar surface area (TPSA) is 97.2 Å². The molecule has 0 bridgehead atoms. The second kappa shape index (κ2) is 9.76. The number of amides is 1. The highest BCUT2D eigenvalue weighted by Gasteiger charge is 2.11. The van der Waals surface area contributed by atoms with Crippen molar-refractivity contribution in [1.82, 2.24) is 5.43 Å². The maximum Gasteiger partial charge on any atom is 0.344 e. The van der Waals surface area contributed by atoms with Gasteiger partial charge in [0.25, 0.3) is 5.91 Å². The molecular weight excluding hydrogens is 451 g/mol. The van der Waals surface area contributed by atoms with E-state index in [0.717, 1.165) is 9.13 Å². The lowest BCUT2D eigenvalue weighted by Gasteiger charge is -2.09. The van der Waals surface area contributed by atoms with Crippen molar-refractivity contribution in [3.8, 4) is 11.5 Å². The summed E-state index contributed by atoms with van der Waals surface area (Å²) >= 11 is 2.13. The van der Waals surface area contributed by atoms with Crippen molar-refractivity contribution in [1.29, 1.82) is 0 Å². The molecule has 0 heterocycles. The van der Waals surface area contributed by atoms with Crippen LogP contribution in [0.25, 0.3) is 0 Å². The van der Waals surface area contributed by atoms with Gasteiger partial charge in [-0.3, -0.25) is 4.79 Å². The van der Waals surface area contributed by atoms with Crippen LogP contribution in [-0.4, -0.2) is 35.9 Å². The van der Waals surface area contributed by atoms with Crippen LogP contribution in [-0.2, 0) is 9.59 Å². The van der Waals surface area contributed by atoms with E-state index < -0.39 is 12.1 Å². The Balaban J connectivity index is 1.79. The number of carboxylic acid groups (broad SMARTS) is 1. The summed E-state index contributed by atoms with van der Waals surface area (Å²) in [5.41, 5.74) is 3.10. The predicted octanol–water partition coefficient (Wildman–Crippen LogP) is 2.67. The molecule has 2 N–H and O–H groups in total. The zero-order valence-corrected chi connectivity index (χ0v) is 16.0. The largest absolute Gasteiger partial charge is 0.483 e. The molecule has 0 spiro atoms. The molecule has 0 aliphatic heterocycles. The molecule has 2 aromatic rings. The fourth-order valence-electron chi connectivity index (χ4n) is 1.80. The van der Waals surface area contributed by atoms with E-state index in [9.17, 15) is 9.59 Å². The average Bonchev–Trinajstić information content (AvgIpc) is 2.62. The number of nitrogens with one attached hydrogen (secondary N) is 1. The van der Waals surface area contributed by atoms with Gasteiger partial charge in [0.15, 0.2) is 12.7 Å². The Labute approximate surface area is 164 Å². The highest BCUT2D eigenvalue weighted by Crippen LogP contribution is 2.19. The number of rotatable bonds is 8. The van der Waals surface area contributed by atoms with Crippen molar-refractivity contribution >= 4 is 40.7 Å². The molecule has 0 aliphatic carbocycles. The van der Waals surface area contributed by atoms with E-state index in [2.05, 4.69) is 33.1 Å². The van der Waals surface area contributed by atoms with Gasteiger partial charge in [0.05, 0.1) is 9.78 Å². The number of hydrogen-bond donors (Lipinski definition) is 2. The first-order chi connectivity index (χ1) is 12.5. The third kappa shape index (κ3) is 6.36. The number of hydrazone groups is 1. The van der Waals surface area contributed by atoms with Crippen LogP contribution >= 0.6 is 22.6 Å². The van der Waals surface area contributed by atoms with E-state index in [-0.39, 0.29) is 12.5 Å². The Bertz CT molecular complexity index is 792. The van der Waals surface area contributed by atoms with Gasteiger partial charge in [0.2, 0.25) is 0 Å². The molecule has 2 rings (SSSR count). The van der Waals surface area contributed by atoms with Crippen LogP contribution in [0.15, 0.2) is 53.6 Å². The SMILES string of the molecule is C[C@H](Oc1ccc(/C=N/NC(=O)COc2ccccc2I)cc1)C(=O)O. The number of carbonyl (C=O) groups excluding carboxylic acids is 1. The highest BCUT2D eigenvalue weighted by atomic mass is 127. The summed E-state index contributed by atoms with van der Waals surface area (Å²) in [6.45, 7) is 1.31. The number of para-hydroxylation sites is 1. The Hall–Kier alpha value is -2.62. The third-order valence-electron chi connectivity index (χ3n) is 3.14. The summed E-state index contributed by atoms with van der Waals surface area (Å²) in [5.74, 6) is -0.341. The van der Waals surface area contributed by atoms with Crippen LogP contribution in [0.1, 0.15) is 12.5 Å². The number of nitrogens with zero attached hydrogens (tertiary/aromatic N) is 1. The highest BCUT2D eigenvalue weighted by molar-refractivity contribution is 14.1. The Morgan fingerprint density at radius 2 is 1.92 bits per heavy atom. The van der Waals surface area contributed by atoms with Crippen LogP contribution in [0.3, 0.4) is 0 Å². The average molecular weight is 468 g/mol. The summed E-state index contributed by atoms with van der Waals surface area (Å²) < 4.78 is 11.6. The van der Waals surface area contributed by atoms with Crippen molar-refractivity contribution in [2.24, 2.45) is 5.10 Å². The zero-order chi connectivity index (χ0) is 18.9. The molecule has 0 aromatic heterocycles. The van der Waals surface area contributed by atoms with Gasteiger partial charge in [0, 0.05) is 0 Å². The first-order valence-electron chi connectivity index (χ1n) is 7.64. The summed E-state index contributed by atoms with van der Waals surface area (Å²) in [5, 5.41) is 12.7. The zero-order valence-electron chi connectivity index (χ0n) is 13.9. The van der Waals surface area contributed by atoms with Crippen molar-refractivity contribution in [2.45, 2.75) is 13.0 Å². The van der Waals surface area contributed by atoms with E-state index in [4.69, 9.17) is 14.6 Å². The first kappa shape index (κ1) is 19.7. The van der Waals surface area contributed by atoms with Crippen LogP contribution in [0.5, 0.6) is 11.5 Å². The number of carboxylic acids is 1. The lowest BCUT2D eigenvalue weighted by atomic mass is 10.2. The Morgan fingerprint density at radius 3 is 2.58 bits per heavy atom. The fraction of sp³-hybridized carbons (Fsp3) is 0.167. The quantitative estimate of drug-likeness (QED) is 0.353. The molecule has 0 radical (unpaired) electrons. The Morgan fingerprint density at radius 1 is 1.23 bits per heavy atom. The van der Waals surface area contributed by atoms with E-state index in [1.54, 1.807) is 30.3 Å². The second-order valence-corrected chi connectivity index (χ2v) is 6.34. The molecule has 8 heteroatoms. The fourth-order valence-corrected chi connectivity index (χ4v) is 2.35. The molecule has 0 saturated heterocycles. The van der Waals surface area contributed by atoms with Crippen LogP contribution in [0.4, 0.5) is 0 Å². The van der Waals surface area contributed by atoms with E-state index in [0.29, 0.717) is 11.5 Å². The lowest BCUT2D eigenvalue weighted by Crippen LogP contribution is -2.24. The van der Waals surface area contributed by atoms with Gasteiger partial charge in [-0.2, -0.15) is 5.10 Å². The smallest absolute Gasteiger partial charge is 0.344 e. The minimum absolute atomic E-state index is 0.142. The molecule has 0 aliphatic rings. The summed E-state index contributed by atoms with van der Waals surface area (Å²) in [7, 11) is 0. The van der Waals surface area contributed by atoms with Crippen molar-refractivity contribution < 1.29 is 24.2 Å². The maximum absolute atomic E-state index is 11.7. The first-order valence-corrected chi connectivity index (χ1v) is 8.72. The van der Waals surface area contributed by atoms with E-state index in [1.807, 2.05) is 18.2 Å². The van der Waals surface area contributed by atoms with E-state index >= 15 is 0 Å². The predicted molar refractivity (Wildman–Crippen MR) is 105 cm³/mol. The minimum atomic E-state index is -1.04. The molecule has 26 heavy (non-hydrogen) atoms. The van der Waals surface area contributed by atoms with Gasteiger partial charge in [-0.15, -0.1) is 0 Å². The summed E-state index contributed by atoms with van der Waals surface area (Å²) in [6.07, 6.45) is 0.538. The van der Waals surface area contributed by atoms with Gasteiger partial charge in [0.1, 0.15) is 11.5 Å². The second-order valence-electron chi connectivity index (χ2n) is 5.18. The van der Waals surface area contributed by atoms with Gasteiger partial charge >= 0.3 is 5.97 Å². The number of ether oxygens (including phenoxy) is 2.